The first-order valence-corrected chi connectivity index (χ1v) is 6.91. The van der Waals surface area contributed by atoms with Gasteiger partial charge in [0.25, 0.3) is 5.56 Å². The first-order valence-electron chi connectivity index (χ1n) is 6.91. The molecule has 5 nitrogen and oxygen atoms in total. The maximum absolute atomic E-state index is 12.7. The molecule has 1 aliphatic carbocycles. The summed E-state index contributed by atoms with van der Waals surface area (Å²) >= 11 is 0. The van der Waals surface area contributed by atoms with Gasteiger partial charge in [0.05, 0.1) is 11.4 Å². The highest BCUT2D eigenvalue weighted by Gasteiger charge is 2.17. The Bertz CT molecular complexity index is 881. The van der Waals surface area contributed by atoms with E-state index < -0.39 is 0 Å². The highest BCUT2D eigenvalue weighted by Crippen LogP contribution is 2.17. The zero-order valence-corrected chi connectivity index (χ0v) is 12.4. The number of carbonyl (C=O) groups is 1. The molecular formula is C17H15N3O2. The van der Waals surface area contributed by atoms with Crippen LogP contribution in [0, 0.1) is 6.92 Å². The normalized spacial score (nSPS) is 15.7. The Labute approximate surface area is 127 Å². The van der Waals surface area contributed by atoms with E-state index in [1.165, 1.54) is 6.08 Å². The fourth-order valence-electron chi connectivity index (χ4n) is 2.35. The minimum atomic E-state index is -0.241. The van der Waals surface area contributed by atoms with Gasteiger partial charge in [-0.3, -0.25) is 14.3 Å². The van der Waals surface area contributed by atoms with Crippen LogP contribution in [0.1, 0.15) is 5.69 Å². The van der Waals surface area contributed by atoms with Gasteiger partial charge in [-0.2, -0.15) is 0 Å². The maximum atomic E-state index is 12.7. The molecule has 0 spiro atoms. The van der Waals surface area contributed by atoms with Gasteiger partial charge in [-0.15, -0.1) is 0 Å². The van der Waals surface area contributed by atoms with Gasteiger partial charge in [0.1, 0.15) is 5.71 Å². The summed E-state index contributed by atoms with van der Waals surface area (Å²) in [5, 5.41) is 0. The van der Waals surface area contributed by atoms with Gasteiger partial charge < -0.3 is 0 Å². The van der Waals surface area contributed by atoms with Gasteiger partial charge in [0.2, 0.25) is 5.78 Å². The van der Waals surface area contributed by atoms with Crippen LogP contribution in [0.15, 0.2) is 64.4 Å². The van der Waals surface area contributed by atoms with Gasteiger partial charge >= 0.3 is 0 Å². The minimum absolute atomic E-state index is 0.198. The van der Waals surface area contributed by atoms with Gasteiger partial charge in [0, 0.05) is 7.05 Å². The highest BCUT2D eigenvalue weighted by atomic mass is 16.1. The predicted molar refractivity (Wildman–Crippen MR) is 86.1 cm³/mol. The number of aromatic nitrogens is 2. The van der Waals surface area contributed by atoms with Crippen molar-refractivity contribution in [3.05, 3.63) is 70.7 Å². The van der Waals surface area contributed by atoms with E-state index in [1.54, 1.807) is 34.6 Å². The predicted octanol–water partition coefficient (Wildman–Crippen LogP) is 2.25. The number of benzene rings is 1. The molecule has 0 radical (unpaired) electrons. The van der Waals surface area contributed by atoms with Crippen molar-refractivity contribution in [1.82, 2.24) is 9.36 Å². The molecule has 0 N–H and O–H groups in total. The first-order chi connectivity index (χ1) is 10.6. The molecule has 2 aromatic rings. The fraction of sp³-hybridized carbons (Fsp3) is 0.118. The molecular weight excluding hydrogens is 278 g/mol. The summed E-state index contributed by atoms with van der Waals surface area (Å²) in [4.78, 5) is 28.8. The van der Waals surface area contributed by atoms with Crippen LogP contribution in [0.3, 0.4) is 0 Å². The van der Waals surface area contributed by atoms with Crippen molar-refractivity contribution >= 4 is 17.2 Å². The van der Waals surface area contributed by atoms with Crippen molar-refractivity contribution in [1.29, 1.82) is 0 Å². The third kappa shape index (κ3) is 2.26. The third-order valence-corrected chi connectivity index (χ3v) is 3.62. The molecule has 0 atom stereocenters. The molecule has 0 saturated heterocycles. The zero-order chi connectivity index (χ0) is 15.7. The lowest BCUT2D eigenvalue weighted by molar-refractivity contribution is -0.108. The average molecular weight is 293 g/mol. The molecule has 0 bridgehead atoms. The van der Waals surface area contributed by atoms with Crippen LogP contribution in [0.2, 0.25) is 0 Å². The number of hydrogen-bond donors (Lipinski definition) is 0. The van der Waals surface area contributed by atoms with Crippen LogP contribution in [0.25, 0.3) is 5.69 Å². The van der Waals surface area contributed by atoms with Crippen LogP contribution >= 0.6 is 0 Å². The standard InChI is InChI=1S/C17H15N3O2/c1-12-16(18-14-10-6-7-11-15(14)21)17(22)20(19(12)2)13-8-4-3-5-9-13/h3-11H,1-2H3. The second-order valence-electron chi connectivity index (χ2n) is 4.99. The largest absolute Gasteiger partial charge is 0.297 e. The number of aliphatic imine (C=N–C) groups is 1. The van der Waals surface area contributed by atoms with E-state index in [0.717, 1.165) is 5.69 Å². The van der Waals surface area contributed by atoms with Crippen LogP contribution in [0.5, 0.6) is 0 Å². The Morgan fingerprint density at radius 3 is 2.36 bits per heavy atom. The van der Waals surface area contributed by atoms with E-state index in [-0.39, 0.29) is 22.7 Å². The van der Waals surface area contributed by atoms with Gasteiger partial charge in [0.15, 0.2) is 5.69 Å². The van der Waals surface area contributed by atoms with E-state index >= 15 is 0 Å². The molecule has 22 heavy (non-hydrogen) atoms. The lowest BCUT2D eigenvalue weighted by Crippen LogP contribution is -2.19. The number of para-hydroxylation sites is 1. The number of nitrogens with zero attached hydrogens (tertiary/aromatic N) is 3. The van der Waals surface area contributed by atoms with Crippen molar-refractivity contribution < 1.29 is 4.79 Å². The summed E-state index contributed by atoms with van der Waals surface area (Å²) < 4.78 is 3.28. The van der Waals surface area contributed by atoms with Crippen LogP contribution in [-0.2, 0) is 11.8 Å². The minimum Gasteiger partial charge on any atom is -0.288 e. The SMILES string of the molecule is Cc1c(N=C2C=CC=CC2=O)c(=O)n(-c2ccccc2)n1C. The summed E-state index contributed by atoms with van der Waals surface area (Å²) in [5.74, 6) is -0.198. The summed E-state index contributed by atoms with van der Waals surface area (Å²) in [5.41, 5.74) is 1.78. The Morgan fingerprint density at radius 2 is 1.68 bits per heavy atom. The summed E-state index contributed by atoms with van der Waals surface area (Å²) in [7, 11) is 1.80. The molecule has 1 aromatic heterocycles. The number of hydrogen-bond acceptors (Lipinski definition) is 3. The monoisotopic (exact) mass is 293 g/mol. The van der Waals surface area contributed by atoms with E-state index in [0.29, 0.717) is 5.69 Å². The van der Waals surface area contributed by atoms with Gasteiger partial charge in [-0.25, -0.2) is 9.67 Å². The quantitative estimate of drug-likeness (QED) is 0.797. The molecule has 0 fully saturated rings. The topological polar surface area (TPSA) is 56.4 Å². The molecule has 110 valence electrons. The van der Waals surface area contributed by atoms with Crippen molar-refractivity contribution in [3.63, 3.8) is 0 Å². The summed E-state index contributed by atoms with van der Waals surface area (Å²) in [6.07, 6.45) is 6.43. The highest BCUT2D eigenvalue weighted by molar-refractivity contribution is 6.49. The Kier molecular flexibility index (Phi) is 3.47. The molecule has 0 amide bonds. The Morgan fingerprint density at radius 1 is 1.00 bits per heavy atom. The molecule has 1 aromatic carbocycles. The van der Waals surface area contributed by atoms with E-state index in [9.17, 15) is 9.59 Å². The maximum Gasteiger partial charge on any atom is 0.297 e. The van der Waals surface area contributed by atoms with Crippen molar-refractivity contribution in [2.75, 3.05) is 0 Å². The van der Waals surface area contributed by atoms with E-state index in [1.807, 2.05) is 37.3 Å². The molecule has 0 saturated carbocycles. The molecule has 0 unspecified atom stereocenters. The average Bonchev–Trinajstić information content (AvgIpc) is 2.74. The Balaban J connectivity index is 2.18. The molecule has 0 aliphatic heterocycles. The van der Waals surface area contributed by atoms with Crippen LogP contribution in [-0.4, -0.2) is 20.9 Å². The summed E-state index contributed by atoms with van der Waals surface area (Å²) in [6, 6.07) is 9.34. The number of rotatable bonds is 2. The fourth-order valence-corrected chi connectivity index (χ4v) is 2.35. The Hall–Kier alpha value is -2.95. The number of carbonyl (C=O) groups excluding carboxylic acids is 1. The molecule has 1 aliphatic rings. The number of ketones is 1. The summed E-state index contributed by atoms with van der Waals surface area (Å²) in [6.45, 7) is 1.81. The van der Waals surface area contributed by atoms with Gasteiger partial charge in [-0.05, 0) is 31.2 Å². The van der Waals surface area contributed by atoms with Crippen LogP contribution in [0.4, 0.5) is 5.69 Å². The first kappa shape index (κ1) is 14.0. The van der Waals surface area contributed by atoms with E-state index in [2.05, 4.69) is 4.99 Å². The zero-order valence-electron chi connectivity index (χ0n) is 12.4. The van der Waals surface area contributed by atoms with E-state index in [4.69, 9.17) is 0 Å². The second-order valence-corrected chi connectivity index (χ2v) is 4.99. The molecule has 5 heteroatoms. The van der Waals surface area contributed by atoms with Crippen molar-refractivity contribution in [3.8, 4) is 5.69 Å². The molecule has 1 heterocycles. The number of allylic oxidation sites excluding steroid dienone is 4. The van der Waals surface area contributed by atoms with Crippen LogP contribution < -0.4 is 5.56 Å². The van der Waals surface area contributed by atoms with Crippen molar-refractivity contribution in [2.24, 2.45) is 12.0 Å². The lowest BCUT2D eigenvalue weighted by atomic mass is 10.1. The molecule has 3 rings (SSSR count). The van der Waals surface area contributed by atoms with Gasteiger partial charge in [-0.1, -0.05) is 30.4 Å². The van der Waals surface area contributed by atoms with Crippen molar-refractivity contribution in [2.45, 2.75) is 6.92 Å². The second kappa shape index (κ2) is 5.44. The lowest BCUT2D eigenvalue weighted by Gasteiger charge is -2.07. The third-order valence-electron chi connectivity index (χ3n) is 3.62. The smallest absolute Gasteiger partial charge is 0.288 e.